The molecule has 3 aromatic rings. The Morgan fingerprint density at radius 2 is 1.21 bits per heavy atom. The number of nitrogens with zero attached hydrogens (tertiary/aromatic N) is 2. The van der Waals surface area contributed by atoms with Crippen LogP contribution in [0.4, 0.5) is 4.39 Å². The van der Waals surface area contributed by atoms with Gasteiger partial charge < -0.3 is 14.4 Å². The van der Waals surface area contributed by atoms with Crippen LogP contribution in [0.1, 0.15) is 29.6 Å². The Bertz CT molecular complexity index is 1080. The molecule has 2 heterocycles. The smallest absolute Gasteiger partial charge is 0.253 e. The highest BCUT2D eigenvalue weighted by molar-refractivity contribution is 5.94. The Balaban J connectivity index is 1.16. The third-order valence-corrected chi connectivity index (χ3v) is 6.32. The Hall–Kier alpha value is -3.38. The van der Waals surface area contributed by atoms with Crippen molar-refractivity contribution in [2.24, 2.45) is 0 Å². The first-order chi connectivity index (χ1) is 16.1. The molecule has 0 unspecified atom stereocenters. The zero-order valence-electron chi connectivity index (χ0n) is 18.5. The van der Waals surface area contributed by atoms with Crippen molar-refractivity contribution in [1.82, 2.24) is 9.80 Å². The molecule has 170 valence electrons. The summed E-state index contributed by atoms with van der Waals surface area (Å²) in [6, 6.07) is 20.9. The topological polar surface area (TPSA) is 42.0 Å². The monoisotopic (exact) mass is 446 g/mol. The third kappa shape index (κ3) is 5.17. The average molecular weight is 447 g/mol. The molecule has 2 fully saturated rings. The predicted molar refractivity (Wildman–Crippen MR) is 125 cm³/mol. The highest BCUT2D eigenvalue weighted by Crippen LogP contribution is 2.28. The van der Waals surface area contributed by atoms with Gasteiger partial charge in [0, 0.05) is 24.7 Å². The van der Waals surface area contributed by atoms with Crippen LogP contribution in [-0.4, -0.2) is 47.9 Å². The fourth-order valence-electron chi connectivity index (χ4n) is 4.53. The summed E-state index contributed by atoms with van der Waals surface area (Å²) < 4.78 is 24.6. The fraction of sp³-hybridized carbons (Fsp3) is 0.296. The van der Waals surface area contributed by atoms with Gasteiger partial charge in [0.15, 0.2) is 0 Å². The van der Waals surface area contributed by atoms with Crippen molar-refractivity contribution in [1.29, 1.82) is 0 Å². The van der Waals surface area contributed by atoms with Crippen LogP contribution in [0.25, 0.3) is 0 Å². The predicted octanol–water partition coefficient (Wildman–Crippen LogP) is 5.72. The molecule has 2 aliphatic heterocycles. The number of rotatable bonds is 6. The lowest BCUT2D eigenvalue weighted by molar-refractivity contribution is 0.0780. The van der Waals surface area contributed by atoms with E-state index in [0.29, 0.717) is 34.6 Å². The number of carbonyl (C=O) groups is 1. The van der Waals surface area contributed by atoms with Crippen molar-refractivity contribution in [2.45, 2.75) is 25.3 Å². The van der Waals surface area contributed by atoms with Crippen LogP contribution < -0.4 is 9.47 Å². The first-order valence-electron chi connectivity index (χ1n) is 11.5. The molecule has 1 amide bonds. The van der Waals surface area contributed by atoms with Gasteiger partial charge in [-0.2, -0.15) is 0 Å². The molecular formula is C27H27FN2O3. The normalized spacial score (nSPS) is 18.5. The van der Waals surface area contributed by atoms with Crippen molar-refractivity contribution >= 4 is 5.91 Å². The van der Waals surface area contributed by atoms with Crippen molar-refractivity contribution < 1.29 is 18.7 Å². The summed E-state index contributed by atoms with van der Waals surface area (Å²) in [7, 11) is 0. The van der Waals surface area contributed by atoms with E-state index in [2.05, 4.69) is 4.90 Å². The fourth-order valence-corrected chi connectivity index (χ4v) is 4.53. The molecule has 0 bridgehead atoms. The zero-order valence-corrected chi connectivity index (χ0v) is 18.5. The van der Waals surface area contributed by atoms with Gasteiger partial charge in [-0.3, -0.25) is 9.69 Å². The second-order valence-corrected chi connectivity index (χ2v) is 8.59. The highest BCUT2D eigenvalue weighted by Gasteiger charge is 2.31. The number of hydrogen-bond donors (Lipinski definition) is 0. The number of benzene rings is 3. The first-order valence-corrected chi connectivity index (χ1v) is 11.5. The third-order valence-electron chi connectivity index (χ3n) is 6.32. The summed E-state index contributed by atoms with van der Waals surface area (Å²) >= 11 is 0. The lowest BCUT2D eigenvalue weighted by atomic mass is 10.2. The lowest BCUT2D eigenvalue weighted by Gasteiger charge is -2.23. The maximum absolute atomic E-state index is 13.0. The lowest BCUT2D eigenvalue weighted by Crippen LogP contribution is -2.37. The van der Waals surface area contributed by atoms with E-state index in [9.17, 15) is 9.18 Å². The quantitative estimate of drug-likeness (QED) is 0.486. The van der Waals surface area contributed by atoms with Crippen LogP contribution in [0.3, 0.4) is 0 Å². The average Bonchev–Trinajstić information content (AvgIpc) is 3.54. The second kappa shape index (κ2) is 9.63. The Morgan fingerprint density at radius 1 is 0.727 bits per heavy atom. The van der Waals surface area contributed by atoms with E-state index in [0.717, 1.165) is 32.6 Å². The number of amides is 1. The van der Waals surface area contributed by atoms with Gasteiger partial charge in [-0.25, -0.2) is 4.39 Å². The van der Waals surface area contributed by atoms with Gasteiger partial charge in [0.1, 0.15) is 28.8 Å². The molecule has 5 nitrogen and oxygen atoms in total. The van der Waals surface area contributed by atoms with Crippen LogP contribution in [0.2, 0.25) is 0 Å². The van der Waals surface area contributed by atoms with E-state index >= 15 is 0 Å². The largest absolute Gasteiger partial charge is 0.457 e. The molecule has 0 N–H and O–H groups in total. The molecule has 1 atom stereocenters. The molecule has 2 aliphatic rings. The molecule has 3 aromatic carbocycles. The molecule has 0 saturated carbocycles. The summed E-state index contributed by atoms with van der Waals surface area (Å²) in [4.78, 5) is 17.4. The van der Waals surface area contributed by atoms with Gasteiger partial charge >= 0.3 is 0 Å². The van der Waals surface area contributed by atoms with E-state index in [1.54, 1.807) is 36.4 Å². The SMILES string of the molecule is O=C(c1ccc(Oc2ccc(Oc3ccc(F)cc3)cc2)cc1)N1CC[C@H](N2CCCC2)C1. The van der Waals surface area contributed by atoms with Gasteiger partial charge in [0.25, 0.3) is 5.91 Å². The van der Waals surface area contributed by atoms with Crippen molar-refractivity contribution in [2.75, 3.05) is 26.2 Å². The molecular weight excluding hydrogens is 419 g/mol. The number of ether oxygens (including phenoxy) is 2. The molecule has 6 heteroatoms. The summed E-state index contributed by atoms with van der Waals surface area (Å²) in [5.74, 6) is 2.31. The van der Waals surface area contributed by atoms with E-state index in [1.165, 1.54) is 25.0 Å². The van der Waals surface area contributed by atoms with Gasteiger partial charge in [-0.05, 0) is 105 Å². The molecule has 0 radical (unpaired) electrons. The second-order valence-electron chi connectivity index (χ2n) is 8.59. The summed E-state index contributed by atoms with van der Waals surface area (Å²) in [5.41, 5.74) is 0.687. The van der Waals surface area contributed by atoms with Crippen LogP contribution in [-0.2, 0) is 0 Å². The van der Waals surface area contributed by atoms with Crippen LogP contribution in [0.5, 0.6) is 23.0 Å². The minimum atomic E-state index is -0.300. The molecule has 0 aliphatic carbocycles. The maximum Gasteiger partial charge on any atom is 0.253 e. The number of carbonyl (C=O) groups excluding carboxylic acids is 1. The Kier molecular flexibility index (Phi) is 6.26. The van der Waals surface area contributed by atoms with E-state index in [4.69, 9.17) is 9.47 Å². The summed E-state index contributed by atoms with van der Waals surface area (Å²) in [6.07, 6.45) is 3.61. The number of likely N-dealkylation sites (tertiary alicyclic amines) is 2. The van der Waals surface area contributed by atoms with E-state index < -0.39 is 0 Å². The number of hydrogen-bond acceptors (Lipinski definition) is 4. The highest BCUT2D eigenvalue weighted by atomic mass is 19.1. The van der Waals surface area contributed by atoms with Crippen molar-refractivity contribution in [3.8, 4) is 23.0 Å². The van der Waals surface area contributed by atoms with Crippen LogP contribution in [0.15, 0.2) is 72.8 Å². The molecule has 2 saturated heterocycles. The Labute approximate surface area is 193 Å². The van der Waals surface area contributed by atoms with Gasteiger partial charge in [0.2, 0.25) is 0 Å². The summed E-state index contributed by atoms with van der Waals surface area (Å²) in [5, 5.41) is 0. The minimum absolute atomic E-state index is 0.0885. The standard InChI is InChI=1S/C27H27FN2O3/c28-21-5-9-24(10-6-21)33-26-13-11-25(12-14-26)32-23-7-3-20(4-8-23)27(31)30-18-15-22(19-30)29-16-1-2-17-29/h3-14,22H,1-2,15-19H2/t22-/m0/s1. The van der Waals surface area contributed by atoms with Gasteiger partial charge in [-0.1, -0.05) is 0 Å². The maximum atomic E-state index is 13.0. The van der Waals surface area contributed by atoms with Crippen LogP contribution in [0, 0.1) is 5.82 Å². The molecule has 33 heavy (non-hydrogen) atoms. The van der Waals surface area contributed by atoms with Crippen LogP contribution >= 0.6 is 0 Å². The van der Waals surface area contributed by atoms with Gasteiger partial charge in [-0.15, -0.1) is 0 Å². The van der Waals surface area contributed by atoms with E-state index in [1.807, 2.05) is 29.2 Å². The minimum Gasteiger partial charge on any atom is -0.457 e. The Morgan fingerprint density at radius 3 is 1.76 bits per heavy atom. The van der Waals surface area contributed by atoms with Gasteiger partial charge in [0.05, 0.1) is 0 Å². The van der Waals surface area contributed by atoms with Crippen molar-refractivity contribution in [3.05, 3.63) is 84.2 Å². The molecule has 0 spiro atoms. The first kappa shape index (κ1) is 21.5. The molecule has 5 rings (SSSR count). The summed E-state index contributed by atoms with van der Waals surface area (Å²) in [6.45, 7) is 3.98. The zero-order chi connectivity index (χ0) is 22.6. The molecule has 0 aromatic heterocycles. The van der Waals surface area contributed by atoms with Crippen molar-refractivity contribution in [3.63, 3.8) is 0 Å². The number of halogens is 1. The van der Waals surface area contributed by atoms with E-state index in [-0.39, 0.29) is 11.7 Å².